The van der Waals surface area contributed by atoms with Crippen LogP contribution in [0.2, 0.25) is 0 Å². The fourth-order valence-corrected chi connectivity index (χ4v) is 3.44. The normalized spacial score (nSPS) is 19.5. The maximum atomic E-state index is 4.40. The molecule has 1 aliphatic rings. The number of pyridine rings is 1. The molecule has 0 radical (unpaired) electrons. The van der Waals surface area contributed by atoms with Crippen LogP contribution in [0.4, 0.5) is 0 Å². The summed E-state index contributed by atoms with van der Waals surface area (Å²) in [6, 6.07) is 13.3. The van der Waals surface area contributed by atoms with Gasteiger partial charge in [-0.25, -0.2) is 0 Å². The largest absolute Gasteiger partial charge is 0.291 e. The molecule has 0 spiro atoms. The van der Waals surface area contributed by atoms with Crippen molar-refractivity contribution in [3.8, 4) is 0 Å². The molecule has 4 heteroatoms. The molecule has 3 aromatic rings. The van der Waals surface area contributed by atoms with Crippen molar-refractivity contribution in [3.05, 3.63) is 60.0 Å². The number of rotatable bonds is 3. The van der Waals surface area contributed by atoms with Crippen molar-refractivity contribution >= 4 is 10.9 Å². The zero-order valence-electron chi connectivity index (χ0n) is 12.6. The predicted octanol–water partition coefficient (Wildman–Crippen LogP) is 3.69. The quantitative estimate of drug-likeness (QED) is 0.801. The average molecular weight is 292 g/mol. The summed E-state index contributed by atoms with van der Waals surface area (Å²) in [6.07, 6.45) is 7.48. The second kappa shape index (κ2) is 5.89. The topological polar surface area (TPSA) is 44.8 Å². The number of piperidine rings is 1. The van der Waals surface area contributed by atoms with Crippen LogP contribution in [0.3, 0.4) is 0 Å². The number of hydrogen-bond donors (Lipinski definition) is 1. The molecule has 1 aromatic carbocycles. The molecule has 22 heavy (non-hydrogen) atoms. The van der Waals surface area contributed by atoms with Crippen molar-refractivity contribution in [1.82, 2.24) is 20.1 Å². The molecule has 4 rings (SSSR count). The van der Waals surface area contributed by atoms with Gasteiger partial charge in [0.05, 0.1) is 17.3 Å². The van der Waals surface area contributed by atoms with Crippen LogP contribution in [-0.4, -0.2) is 26.6 Å². The lowest BCUT2D eigenvalue weighted by atomic mass is 9.98. The van der Waals surface area contributed by atoms with Crippen LogP contribution in [0.1, 0.15) is 36.6 Å². The molecule has 1 fully saturated rings. The molecule has 1 atom stereocenters. The minimum Gasteiger partial charge on any atom is -0.291 e. The van der Waals surface area contributed by atoms with Gasteiger partial charge in [-0.2, -0.15) is 5.10 Å². The maximum absolute atomic E-state index is 4.40. The Hall–Kier alpha value is -2.20. The molecule has 1 saturated heterocycles. The minimum atomic E-state index is 0.459. The van der Waals surface area contributed by atoms with E-state index in [9.17, 15) is 0 Å². The molecule has 1 N–H and O–H groups in total. The molecule has 4 nitrogen and oxygen atoms in total. The first-order valence-electron chi connectivity index (χ1n) is 7.97. The van der Waals surface area contributed by atoms with Gasteiger partial charge in [0.25, 0.3) is 0 Å². The molecular formula is C18H20N4. The van der Waals surface area contributed by atoms with Crippen LogP contribution in [-0.2, 0) is 6.54 Å². The van der Waals surface area contributed by atoms with Gasteiger partial charge in [-0.3, -0.25) is 15.0 Å². The standard InChI is InChI=1S/C18H20N4/c1-2-11-22(18(5-1)17-8-10-20-21-17)13-14-6-7-16-15(12-14)4-3-9-19-16/h3-4,6-10,12,18H,1-2,5,11,13H2,(H,20,21). The van der Waals surface area contributed by atoms with Gasteiger partial charge in [-0.15, -0.1) is 0 Å². The number of fused-ring (bicyclic) bond motifs is 1. The van der Waals surface area contributed by atoms with E-state index in [1.54, 1.807) is 0 Å². The van der Waals surface area contributed by atoms with Crippen LogP contribution >= 0.6 is 0 Å². The second-order valence-electron chi connectivity index (χ2n) is 6.02. The average Bonchev–Trinajstić information content (AvgIpc) is 3.10. The summed E-state index contributed by atoms with van der Waals surface area (Å²) in [7, 11) is 0. The molecule has 1 unspecified atom stereocenters. The molecule has 112 valence electrons. The van der Waals surface area contributed by atoms with Gasteiger partial charge in [0, 0.05) is 24.3 Å². The molecule has 0 saturated carbocycles. The van der Waals surface area contributed by atoms with Crippen LogP contribution in [0.25, 0.3) is 10.9 Å². The van der Waals surface area contributed by atoms with Crippen molar-refractivity contribution < 1.29 is 0 Å². The molecule has 3 heterocycles. The summed E-state index contributed by atoms with van der Waals surface area (Å²) >= 11 is 0. The van der Waals surface area contributed by atoms with Gasteiger partial charge in [0.15, 0.2) is 0 Å². The first-order chi connectivity index (χ1) is 10.9. The Labute approximate surface area is 130 Å². The fraction of sp³-hybridized carbons (Fsp3) is 0.333. The third kappa shape index (κ3) is 2.62. The van der Waals surface area contributed by atoms with Crippen molar-refractivity contribution in [2.75, 3.05) is 6.54 Å². The Morgan fingerprint density at radius 3 is 3.05 bits per heavy atom. The lowest BCUT2D eigenvalue weighted by molar-refractivity contribution is 0.137. The zero-order valence-corrected chi connectivity index (χ0v) is 12.6. The maximum Gasteiger partial charge on any atom is 0.0702 e. The van der Waals surface area contributed by atoms with Crippen molar-refractivity contribution in [2.24, 2.45) is 0 Å². The van der Waals surface area contributed by atoms with Crippen molar-refractivity contribution in [3.63, 3.8) is 0 Å². The highest BCUT2D eigenvalue weighted by Crippen LogP contribution is 2.31. The second-order valence-corrected chi connectivity index (χ2v) is 6.02. The Morgan fingerprint density at radius 2 is 2.14 bits per heavy atom. The van der Waals surface area contributed by atoms with Gasteiger partial charge in [-0.05, 0) is 49.2 Å². The number of hydrogen-bond acceptors (Lipinski definition) is 3. The Balaban J connectivity index is 1.59. The summed E-state index contributed by atoms with van der Waals surface area (Å²) in [5.41, 5.74) is 3.66. The smallest absolute Gasteiger partial charge is 0.0702 e. The summed E-state index contributed by atoms with van der Waals surface area (Å²) < 4.78 is 0. The van der Waals surface area contributed by atoms with Crippen LogP contribution < -0.4 is 0 Å². The highest BCUT2D eigenvalue weighted by atomic mass is 15.2. The van der Waals surface area contributed by atoms with Crippen molar-refractivity contribution in [1.29, 1.82) is 0 Å². The number of nitrogens with zero attached hydrogens (tertiary/aromatic N) is 3. The summed E-state index contributed by atoms with van der Waals surface area (Å²) in [4.78, 5) is 6.96. The number of aromatic amines is 1. The Morgan fingerprint density at radius 1 is 1.14 bits per heavy atom. The SMILES string of the molecule is c1cnc2ccc(CN3CCCCC3c3ccn[nH]3)cc2c1. The number of nitrogens with one attached hydrogen (secondary N) is 1. The fourth-order valence-electron chi connectivity index (χ4n) is 3.44. The van der Waals surface area contributed by atoms with E-state index in [0.717, 1.165) is 18.6 Å². The molecule has 1 aliphatic heterocycles. The monoisotopic (exact) mass is 292 g/mol. The lowest BCUT2D eigenvalue weighted by Gasteiger charge is -2.35. The van der Waals surface area contributed by atoms with Gasteiger partial charge >= 0.3 is 0 Å². The third-order valence-electron chi connectivity index (χ3n) is 4.55. The lowest BCUT2D eigenvalue weighted by Crippen LogP contribution is -2.33. The van der Waals surface area contributed by atoms with E-state index in [-0.39, 0.29) is 0 Å². The molecule has 0 amide bonds. The number of H-pyrrole nitrogens is 1. The van der Waals surface area contributed by atoms with Gasteiger partial charge < -0.3 is 0 Å². The minimum absolute atomic E-state index is 0.459. The Kier molecular flexibility index (Phi) is 3.60. The van der Waals surface area contributed by atoms with Crippen LogP contribution in [0.15, 0.2) is 48.8 Å². The number of benzene rings is 1. The molecule has 0 bridgehead atoms. The Bertz CT molecular complexity index is 751. The van der Waals surface area contributed by atoms with Gasteiger partial charge in [0.1, 0.15) is 0 Å². The van der Waals surface area contributed by atoms with E-state index in [0.29, 0.717) is 6.04 Å². The number of likely N-dealkylation sites (tertiary alicyclic amines) is 1. The zero-order chi connectivity index (χ0) is 14.8. The highest BCUT2D eigenvalue weighted by molar-refractivity contribution is 5.78. The number of aromatic nitrogens is 3. The van der Waals surface area contributed by atoms with E-state index >= 15 is 0 Å². The van der Waals surface area contributed by atoms with E-state index in [4.69, 9.17) is 0 Å². The van der Waals surface area contributed by atoms with E-state index in [1.807, 2.05) is 18.5 Å². The molecule has 0 aliphatic carbocycles. The molecular weight excluding hydrogens is 272 g/mol. The molecule has 2 aromatic heterocycles. The van der Waals surface area contributed by atoms with Crippen LogP contribution in [0.5, 0.6) is 0 Å². The predicted molar refractivity (Wildman–Crippen MR) is 87.3 cm³/mol. The summed E-state index contributed by atoms with van der Waals surface area (Å²) in [6.45, 7) is 2.13. The van der Waals surface area contributed by atoms with E-state index in [1.165, 1.54) is 35.9 Å². The van der Waals surface area contributed by atoms with Crippen LogP contribution in [0, 0.1) is 0 Å². The van der Waals surface area contributed by atoms with E-state index < -0.39 is 0 Å². The summed E-state index contributed by atoms with van der Waals surface area (Å²) in [5.74, 6) is 0. The first kappa shape index (κ1) is 13.5. The van der Waals surface area contributed by atoms with Crippen molar-refractivity contribution in [2.45, 2.75) is 31.8 Å². The highest BCUT2D eigenvalue weighted by Gasteiger charge is 2.24. The first-order valence-corrected chi connectivity index (χ1v) is 7.97. The third-order valence-corrected chi connectivity index (χ3v) is 4.55. The van der Waals surface area contributed by atoms with E-state index in [2.05, 4.69) is 50.4 Å². The summed E-state index contributed by atoms with van der Waals surface area (Å²) in [5, 5.41) is 8.49. The van der Waals surface area contributed by atoms with Gasteiger partial charge in [0.2, 0.25) is 0 Å². The van der Waals surface area contributed by atoms with Gasteiger partial charge in [-0.1, -0.05) is 18.6 Å².